The first-order valence-electron chi connectivity index (χ1n) is 7.37. The maximum absolute atomic E-state index is 12.1. The van der Waals surface area contributed by atoms with Crippen LogP contribution in [0.3, 0.4) is 0 Å². The lowest BCUT2D eigenvalue weighted by molar-refractivity contribution is -0.483. The van der Waals surface area contributed by atoms with Gasteiger partial charge < -0.3 is 16.6 Å². The Kier molecular flexibility index (Phi) is 5.32. The number of nitrogen functional groups attached to an aromatic ring is 2. The standard InChI is InChI=1S/C15H17N5O5/c16-12-11(13(21)19-15(17)18-12)10(7-20(24)25)6-3-8-1-4-9(5-2-8)14(22)23/h1-2,4-5,10H,3,6-7H2,(H,22,23)(H5,16,17,18,19,21). The SMILES string of the molecule is Nc1nc(N)c(C(CCc2ccc(C(=O)O)cc2)C[N+](=O)[O-])c(=O)[nH]1. The molecule has 1 aromatic heterocycles. The van der Waals surface area contributed by atoms with Crippen LogP contribution in [0.5, 0.6) is 0 Å². The summed E-state index contributed by atoms with van der Waals surface area (Å²) in [5.41, 5.74) is 11.5. The Labute approximate surface area is 141 Å². The Morgan fingerprint density at radius 1 is 1.32 bits per heavy atom. The predicted molar refractivity (Wildman–Crippen MR) is 90.0 cm³/mol. The van der Waals surface area contributed by atoms with Crippen LogP contribution in [0, 0.1) is 10.1 Å². The molecule has 0 radical (unpaired) electrons. The fourth-order valence-electron chi connectivity index (χ4n) is 2.57. The minimum atomic E-state index is -1.04. The highest BCUT2D eigenvalue weighted by Gasteiger charge is 2.24. The summed E-state index contributed by atoms with van der Waals surface area (Å²) in [5, 5.41) is 19.8. The van der Waals surface area contributed by atoms with E-state index in [0.717, 1.165) is 5.56 Å². The van der Waals surface area contributed by atoms with Gasteiger partial charge in [0.25, 0.3) is 5.56 Å². The third-order valence-corrected chi connectivity index (χ3v) is 3.76. The Morgan fingerprint density at radius 2 is 1.96 bits per heavy atom. The van der Waals surface area contributed by atoms with E-state index in [0.29, 0.717) is 6.42 Å². The van der Waals surface area contributed by atoms with Gasteiger partial charge in [-0.2, -0.15) is 4.98 Å². The number of anilines is 2. The van der Waals surface area contributed by atoms with E-state index < -0.39 is 28.9 Å². The molecule has 0 aliphatic rings. The van der Waals surface area contributed by atoms with Crippen LogP contribution < -0.4 is 17.0 Å². The summed E-state index contributed by atoms with van der Waals surface area (Å²) in [6.45, 7) is -0.480. The Bertz CT molecular complexity index is 846. The zero-order chi connectivity index (χ0) is 18.6. The van der Waals surface area contributed by atoms with Crippen LogP contribution in [-0.4, -0.2) is 32.5 Å². The number of carbonyl (C=O) groups is 1. The van der Waals surface area contributed by atoms with Gasteiger partial charge in [-0.15, -0.1) is 0 Å². The van der Waals surface area contributed by atoms with Crippen LogP contribution >= 0.6 is 0 Å². The Morgan fingerprint density at radius 3 is 2.48 bits per heavy atom. The summed E-state index contributed by atoms with van der Waals surface area (Å²) in [4.78, 5) is 39.4. The number of carboxylic acid groups (broad SMARTS) is 1. The van der Waals surface area contributed by atoms with Crippen LogP contribution in [-0.2, 0) is 6.42 Å². The van der Waals surface area contributed by atoms with Gasteiger partial charge in [0.05, 0.1) is 17.0 Å². The number of aromatic amines is 1. The van der Waals surface area contributed by atoms with E-state index >= 15 is 0 Å². The smallest absolute Gasteiger partial charge is 0.335 e. The van der Waals surface area contributed by atoms with Gasteiger partial charge in [-0.05, 0) is 30.5 Å². The number of rotatable bonds is 7. The second kappa shape index (κ2) is 7.43. The number of nitrogens with zero attached hydrogens (tertiary/aromatic N) is 2. The monoisotopic (exact) mass is 347 g/mol. The van der Waals surface area contributed by atoms with E-state index in [2.05, 4.69) is 9.97 Å². The summed E-state index contributed by atoms with van der Waals surface area (Å²) in [7, 11) is 0. The van der Waals surface area contributed by atoms with Gasteiger partial charge in [-0.25, -0.2) is 4.79 Å². The van der Waals surface area contributed by atoms with Crippen molar-refractivity contribution in [3.8, 4) is 0 Å². The topological polar surface area (TPSA) is 178 Å². The van der Waals surface area contributed by atoms with Crippen LogP contribution in [0.25, 0.3) is 0 Å². The lowest BCUT2D eigenvalue weighted by Gasteiger charge is -2.14. The molecule has 0 bridgehead atoms. The summed E-state index contributed by atoms with van der Waals surface area (Å²) >= 11 is 0. The molecule has 1 aromatic carbocycles. The van der Waals surface area contributed by atoms with Gasteiger partial charge in [0.2, 0.25) is 12.5 Å². The van der Waals surface area contributed by atoms with E-state index in [1.54, 1.807) is 12.1 Å². The zero-order valence-corrected chi connectivity index (χ0v) is 13.1. The highest BCUT2D eigenvalue weighted by molar-refractivity contribution is 5.87. The number of carboxylic acids is 1. The molecule has 10 nitrogen and oxygen atoms in total. The minimum Gasteiger partial charge on any atom is -0.478 e. The average Bonchev–Trinajstić information content (AvgIpc) is 2.51. The molecule has 6 N–H and O–H groups in total. The number of nitrogens with one attached hydrogen (secondary N) is 1. The number of aryl methyl sites for hydroxylation is 1. The number of aromatic nitrogens is 2. The molecule has 0 spiro atoms. The molecule has 0 aliphatic carbocycles. The van der Waals surface area contributed by atoms with E-state index in [-0.39, 0.29) is 29.3 Å². The number of hydrogen-bond acceptors (Lipinski definition) is 7. The van der Waals surface area contributed by atoms with Crippen LogP contribution in [0.4, 0.5) is 11.8 Å². The second-order valence-corrected chi connectivity index (χ2v) is 5.50. The molecule has 1 heterocycles. The summed E-state index contributed by atoms with van der Waals surface area (Å²) < 4.78 is 0. The predicted octanol–water partition coefficient (Wildman–Crippen LogP) is 0.626. The molecule has 2 rings (SSSR count). The molecule has 2 aromatic rings. The van der Waals surface area contributed by atoms with Crippen molar-refractivity contribution >= 4 is 17.7 Å². The molecular weight excluding hydrogens is 330 g/mol. The zero-order valence-electron chi connectivity index (χ0n) is 13.1. The number of H-pyrrole nitrogens is 1. The molecule has 0 aliphatic heterocycles. The van der Waals surface area contributed by atoms with Crippen LogP contribution in [0.1, 0.15) is 33.8 Å². The number of nitrogens with two attached hydrogens (primary N) is 2. The van der Waals surface area contributed by atoms with Gasteiger partial charge in [-0.3, -0.25) is 19.9 Å². The van der Waals surface area contributed by atoms with Crippen molar-refractivity contribution in [2.24, 2.45) is 0 Å². The maximum Gasteiger partial charge on any atom is 0.335 e. The Hall–Kier alpha value is -3.43. The van der Waals surface area contributed by atoms with Crippen molar-refractivity contribution in [3.63, 3.8) is 0 Å². The van der Waals surface area contributed by atoms with Crippen LogP contribution in [0.2, 0.25) is 0 Å². The minimum absolute atomic E-state index is 0.0352. The van der Waals surface area contributed by atoms with Crippen molar-refractivity contribution in [2.75, 3.05) is 18.0 Å². The first kappa shape index (κ1) is 17.9. The molecular formula is C15H17N5O5. The largest absolute Gasteiger partial charge is 0.478 e. The quantitative estimate of drug-likeness (QED) is 0.416. The first-order valence-corrected chi connectivity index (χ1v) is 7.37. The highest BCUT2D eigenvalue weighted by Crippen LogP contribution is 2.23. The average molecular weight is 347 g/mol. The fraction of sp³-hybridized carbons (Fsp3) is 0.267. The highest BCUT2D eigenvalue weighted by atomic mass is 16.6. The van der Waals surface area contributed by atoms with E-state index in [9.17, 15) is 19.7 Å². The fourth-order valence-corrected chi connectivity index (χ4v) is 2.57. The molecule has 132 valence electrons. The molecule has 0 saturated heterocycles. The summed E-state index contributed by atoms with van der Waals surface area (Å²) in [6, 6.07) is 6.15. The molecule has 25 heavy (non-hydrogen) atoms. The van der Waals surface area contributed by atoms with E-state index in [4.69, 9.17) is 16.6 Å². The molecule has 1 unspecified atom stereocenters. The lowest BCUT2D eigenvalue weighted by atomic mass is 9.93. The number of aromatic carboxylic acids is 1. The maximum atomic E-state index is 12.1. The van der Waals surface area contributed by atoms with Gasteiger partial charge in [0.15, 0.2) is 0 Å². The van der Waals surface area contributed by atoms with E-state index in [1.807, 2.05) is 0 Å². The normalized spacial score (nSPS) is 11.8. The second-order valence-electron chi connectivity index (χ2n) is 5.50. The van der Waals surface area contributed by atoms with Crippen molar-refractivity contribution in [2.45, 2.75) is 18.8 Å². The van der Waals surface area contributed by atoms with E-state index in [1.165, 1.54) is 12.1 Å². The molecule has 0 fully saturated rings. The lowest BCUT2D eigenvalue weighted by Crippen LogP contribution is -2.26. The Balaban J connectivity index is 2.23. The molecule has 1 atom stereocenters. The van der Waals surface area contributed by atoms with Crippen molar-refractivity contribution in [1.29, 1.82) is 0 Å². The van der Waals surface area contributed by atoms with Gasteiger partial charge >= 0.3 is 5.97 Å². The summed E-state index contributed by atoms with van der Waals surface area (Å²) in [6.07, 6.45) is 0.675. The molecule has 10 heteroatoms. The van der Waals surface area contributed by atoms with Crippen molar-refractivity contribution in [1.82, 2.24) is 9.97 Å². The van der Waals surface area contributed by atoms with Crippen molar-refractivity contribution in [3.05, 3.63) is 61.4 Å². The van der Waals surface area contributed by atoms with Gasteiger partial charge in [-0.1, -0.05) is 12.1 Å². The third-order valence-electron chi connectivity index (χ3n) is 3.76. The number of hydrogen-bond donors (Lipinski definition) is 4. The van der Waals surface area contributed by atoms with Gasteiger partial charge in [0, 0.05) is 4.92 Å². The summed E-state index contributed by atoms with van der Waals surface area (Å²) in [5.74, 6) is -2.07. The molecule has 0 amide bonds. The third kappa shape index (κ3) is 4.53. The first-order chi connectivity index (χ1) is 11.8. The molecule has 0 saturated carbocycles. The number of benzene rings is 1. The van der Waals surface area contributed by atoms with Crippen LogP contribution in [0.15, 0.2) is 29.1 Å². The van der Waals surface area contributed by atoms with Crippen molar-refractivity contribution < 1.29 is 14.8 Å². The van der Waals surface area contributed by atoms with Gasteiger partial charge in [0.1, 0.15) is 5.82 Å². The number of nitro groups is 1.